The number of aromatic amines is 1. The minimum Gasteiger partial charge on any atom is -0.331 e. The third-order valence-electron chi connectivity index (χ3n) is 3.07. The van der Waals surface area contributed by atoms with Gasteiger partial charge in [-0.2, -0.15) is 0 Å². The van der Waals surface area contributed by atoms with Crippen molar-refractivity contribution in [2.45, 2.75) is 19.3 Å². The SMILES string of the molecule is CC1CC(=O)Nc2[nH]c(=S)c3ncccc3c21. The number of nitrogens with one attached hydrogen (secondary N) is 2. The van der Waals surface area contributed by atoms with Crippen LogP contribution in [-0.2, 0) is 4.79 Å². The summed E-state index contributed by atoms with van der Waals surface area (Å²) in [6.07, 6.45) is 2.23. The van der Waals surface area contributed by atoms with Crippen molar-refractivity contribution in [3.8, 4) is 0 Å². The molecule has 0 spiro atoms. The van der Waals surface area contributed by atoms with Crippen molar-refractivity contribution in [3.63, 3.8) is 0 Å². The van der Waals surface area contributed by atoms with E-state index < -0.39 is 0 Å². The summed E-state index contributed by atoms with van der Waals surface area (Å²) < 4.78 is 0.564. The molecule has 1 amide bonds. The Kier molecular flexibility index (Phi) is 2.22. The molecule has 1 atom stereocenters. The van der Waals surface area contributed by atoms with Gasteiger partial charge in [0.1, 0.15) is 16.0 Å². The van der Waals surface area contributed by atoms with Gasteiger partial charge < -0.3 is 10.3 Å². The largest absolute Gasteiger partial charge is 0.331 e. The quantitative estimate of drug-likeness (QED) is 0.702. The van der Waals surface area contributed by atoms with Gasteiger partial charge in [0.05, 0.1) is 0 Å². The van der Waals surface area contributed by atoms with E-state index in [2.05, 4.69) is 15.3 Å². The van der Waals surface area contributed by atoms with Crippen LogP contribution < -0.4 is 5.32 Å². The second-order valence-electron chi connectivity index (χ2n) is 4.30. The highest BCUT2D eigenvalue weighted by Crippen LogP contribution is 2.35. The molecule has 0 radical (unpaired) electrons. The van der Waals surface area contributed by atoms with Crippen LogP contribution in [0, 0.1) is 4.64 Å². The Labute approximate surface area is 103 Å². The topological polar surface area (TPSA) is 57.8 Å². The number of amides is 1. The molecule has 0 bridgehead atoms. The van der Waals surface area contributed by atoms with Crippen molar-refractivity contribution in [2.24, 2.45) is 0 Å². The van der Waals surface area contributed by atoms with Crippen LogP contribution in [0.1, 0.15) is 24.8 Å². The van der Waals surface area contributed by atoms with Gasteiger partial charge >= 0.3 is 0 Å². The molecule has 1 aliphatic rings. The Balaban J connectivity index is 2.43. The van der Waals surface area contributed by atoms with Crippen LogP contribution >= 0.6 is 12.2 Å². The van der Waals surface area contributed by atoms with Crippen LogP contribution in [0.3, 0.4) is 0 Å². The second kappa shape index (κ2) is 3.63. The van der Waals surface area contributed by atoms with Gasteiger partial charge in [0.25, 0.3) is 0 Å². The molecule has 86 valence electrons. The molecule has 5 heteroatoms. The Morgan fingerprint density at radius 2 is 2.35 bits per heavy atom. The second-order valence-corrected chi connectivity index (χ2v) is 4.70. The minimum atomic E-state index is 0.0268. The van der Waals surface area contributed by atoms with Gasteiger partial charge in [-0.3, -0.25) is 9.78 Å². The molecule has 2 N–H and O–H groups in total. The predicted octanol–water partition coefficient (Wildman–Crippen LogP) is 2.74. The van der Waals surface area contributed by atoms with E-state index in [0.29, 0.717) is 11.1 Å². The maximum absolute atomic E-state index is 11.5. The fraction of sp³-hybridized carbons (Fsp3) is 0.250. The number of fused-ring (bicyclic) bond motifs is 3. The molecule has 1 unspecified atom stereocenters. The average molecular weight is 245 g/mol. The first-order valence-corrected chi connectivity index (χ1v) is 5.88. The van der Waals surface area contributed by atoms with Crippen LogP contribution in [0.5, 0.6) is 0 Å². The zero-order chi connectivity index (χ0) is 12.0. The number of H-pyrrole nitrogens is 1. The number of carbonyl (C=O) groups is 1. The molecule has 3 rings (SSSR count). The molecule has 17 heavy (non-hydrogen) atoms. The highest BCUT2D eigenvalue weighted by molar-refractivity contribution is 7.71. The summed E-state index contributed by atoms with van der Waals surface area (Å²) in [6.45, 7) is 2.04. The first kappa shape index (κ1) is 10.4. The van der Waals surface area contributed by atoms with E-state index >= 15 is 0 Å². The zero-order valence-electron chi connectivity index (χ0n) is 9.28. The normalized spacial score (nSPS) is 18.9. The fourth-order valence-electron chi connectivity index (χ4n) is 2.36. The molecular weight excluding hydrogens is 234 g/mol. The summed E-state index contributed by atoms with van der Waals surface area (Å²) in [6, 6.07) is 3.89. The molecule has 2 aromatic rings. The number of hydrogen-bond donors (Lipinski definition) is 2. The summed E-state index contributed by atoms with van der Waals surface area (Å²) in [4.78, 5) is 18.8. The van der Waals surface area contributed by atoms with Crippen molar-refractivity contribution in [1.82, 2.24) is 9.97 Å². The molecule has 1 aliphatic heterocycles. The Morgan fingerprint density at radius 1 is 1.53 bits per heavy atom. The average Bonchev–Trinajstić information content (AvgIpc) is 2.28. The summed E-state index contributed by atoms with van der Waals surface area (Å²) in [7, 11) is 0. The van der Waals surface area contributed by atoms with Crippen molar-refractivity contribution in [2.75, 3.05) is 5.32 Å². The van der Waals surface area contributed by atoms with Crippen molar-refractivity contribution in [1.29, 1.82) is 0 Å². The van der Waals surface area contributed by atoms with Crippen molar-refractivity contribution in [3.05, 3.63) is 28.5 Å². The van der Waals surface area contributed by atoms with Gasteiger partial charge in [0.15, 0.2) is 0 Å². The Hall–Kier alpha value is -1.75. The zero-order valence-corrected chi connectivity index (χ0v) is 10.1. The number of anilines is 1. The van der Waals surface area contributed by atoms with Gasteiger partial charge in [-0.15, -0.1) is 0 Å². The van der Waals surface area contributed by atoms with E-state index in [0.717, 1.165) is 22.3 Å². The summed E-state index contributed by atoms with van der Waals surface area (Å²) in [5, 5.41) is 3.86. The smallest absolute Gasteiger partial charge is 0.226 e. The molecule has 0 saturated heterocycles. The van der Waals surface area contributed by atoms with E-state index in [9.17, 15) is 4.79 Å². The van der Waals surface area contributed by atoms with Crippen LogP contribution in [0.2, 0.25) is 0 Å². The number of aromatic nitrogens is 2. The van der Waals surface area contributed by atoms with E-state index in [1.165, 1.54) is 0 Å². The highest BCUT2D eigenvalue weighted by atomic mass is 32.1. The van der Waals surface area contributed by atoms with Crippen LogP contribution in [0.15, 0.2) is 18.3 Å². The monoisotopic (exact) mass is 245 g/mol. The molecule has 0 fully saturated rings. The van der Waals surface area contributed by atoms with E-state index in [-0.39, 0.29) is 11.8 Å². The Bertz CT molecular complexity index is 677. The third-order valence-corrected chi connectivity index (χ3v) is 3.37. The van der Waals surface area contributed by atoms with Crippen molar-refractivity contribution < 1.29 is 4.79 Å². The van der Waals surface area contributed by atoms with E-state index in [4.69, 9.17) is 12.2 Å². The van der Waals surface area contributed by atoms with Crippen LogP contribution in [0.25, 0.3) is 10.9 Å². The van der Waals surface area contributed by atoms with E-state index in [1.807, 2.05) is 19.1 Å². The lowest BCUT2D eigenvalue weighted by molar-refractivity contribution is -0.116. The lowest BCUT2D eigenvalue weighted by atomic mass is 9.92. The molecule has 0 saturated carbocycles. The number of carbonyl (C=O) groups excluding carboxylic acids is 1. The Morgan fingerprint density at radius 3 is 3.18 bits per heavy atom. The number of rotatable bonds is 0. The number of pyridine rings is 2. The summed E-state index contributed by atoms with van der Waals surface area (Å²) >= 11 is 5.25. The minimum absolute atomic E-state index is 0.0268. The third kappa shape index (κ3) is 1.54. The summed E-state index contributed by atoms with van der Waals surface area (Å²) in [5.74, 6) is 0.926. The number of hydrogen-bond acceptors (Lipinski definition) is 3. The van der Waals surface area contributed by atoms with Crippen molar-refractivity contribution >= 4 is 34.8 Å². The lowest BCUT2D eigenvalue weighted by Crippen LogP contribution is -2.23. The maximum atomic E-state index is 11.5. The molecule has 3 heterocycles. The standard InChI is InChI=1S/C12H11N3OS/c1-6-5-8(16)14-11-9(6)7-3-2-4-13-10(7)12(17)15-11/h2-4,6H,5H2,1H3,(H2,14,15,16,17). The molecule has 0 aromatic carbocycles. The predicted molar refractivity (Wildman–Crippen MR) is 68.6 cm³/mol. The first-order chi connectivity index (χ1) is 8.16. The highest BCUT2D eigenvalue weighted by Gasteiger charge is 2.24. The maximum Gasteiger partial charge on any atom is 0.226 e. The molecule has 2 aromatic heterocycles. The fourth-order valence-corrected chi connectivity index (χ4v) is 2.62. The van der Waals surface area contributed by atoms with Gasteiger partial charge in [-0.1, -0.05) is 25.2 Å². The molecule has 0 aliphatic carbocycles. The molecule has 4 nitrogen and oxygen atoms in total. The van der Waals surface area contributed by atoms with Gasteiger partial charge in [0.2, 0.25) is 5.91 Å². The van der Waals surface area contributed by atoms with Crippen LogP contribution in [-0.4, -0.2) is 15.9 Å². The van der Waals surface area contributed by atoms with Gasteiger partial charge in [-0.05, 0) is 12.0 Å². The molecular formula is C12H11N3OS. The van der Waals surface area contributed by atoms with E-state index in [1.54, 1.807) is 6.20 Å². The number of nitrogens with zero attached hydrogens (tertiary/aromatic N) is 1. The summed E-state index contributed by atoms with van der Waals surface area (Å²) in [5.41, 5.74) is 1.89. The van der Waals surface area contributed by atoms with Gasteiger partial charge in [0, 0.05) is 23.6 Å². The van der Waals surface area contributed by atoms with Gasteiger partial charge in [-0.25, -0.2) is 0 Å². The lowest BCUT2D eigenvalue weighted by Gasteiger charge is -2.23. The van der Waals surface area contributed by atoms with Crippen LogP contribution in [0.4, 0.5) is 5.82 Å². The first-order valence-electron chi connectivity index (χ1n) is 5.47.